The van der Waals surface area contributed by atoms with E-state index in [9.17, 15) is 9.90 Å². The van der Waals surface area contributed by atoms with Gasteiger partial charge < -0.3 is 15.7 Å². The van der Waals surface area contributed by atoms with Crippen molar-refractivity contribution in [3.63, 3.8) is 0 Å². The van der Waals surface area contributed by atoms with E-state index in [2.05, 4.69) is 0 Å². The monoisotopic (exact) mass is 242 g/mol. The van der Waals surface area contributed by atoms with Crippen LogP contribution in [0.3, 0.4) is 0 Å². The maximum atomic E-state index is 12.1. The lowest BCUT2D eigenvalue weighted by molar-refractivity contribution is -0.137. The van der Waals surface area contributed by atoms with Gasteiger partial charge in [-0.3, -0.25) is 4.79 Å². The Kier molecular flexibility index (Phi) is 5.92. The van der Waals surface area contributed by atoms with Crippen LogP contribution in [0.25, 0.3) is 0 Å². The van der Waals surface area contributed by atoms with E-state index < -0.39 is 0 Å². The molecule has 1 rings (SSSR count). The molecule has 0 aliphatic carbocycles. The van der Waals surface area contributed by atoms with E-state index >= 15 is 0 Å². The Labute approximate surface area is 104 Å². The third kappa shape index (κ3) is 4.28. The molecule has 1 aliphatic rings. The third-order valence-electron chi connectivity index (χ3n) is 3.80. The summed E-state index contributed by atoms with van der Waals surface area (Å²) in [6.07, 6.45) is 3.39. The predicted molar refractivity (Wildman–Crippen MR) is 68.4 cm³/mol. The molecule has 0 saturated carbocycles. The highest BCUT2D eigenvalue weighted by Crippen LogP contribution is 2.22. The zero-order chi connectivity index (χ0) is 12.8. The Morgan fingerprint density at radius 1 is 1.41 bits per heavy atom. The summed E-state index contributed by atoms with van der Waals surface area (Å²) in [4.78, 5) is 14.0. The highest BCUT2D eigenvalue weighted by atomic mass is 16.3. The summed E-state index contributed by atoms with van der Waals surface area (Å²) < 4.78 is 0. The smallest absolute Gasteiger partial charge is 0.225 e. The number of carbonyl (C=O) groups is 1. The average Bonchev–Trinajstić information content (AvgIpc) is 2.35. The maximum absolute atomic E-state index is 12.1. The molecule has 0 spiro atoms. The highest BCUT2D eigenvalue weighted by Gasteiger charge is 2.27. The van der Waals surface area contributed by atoms with Crippen LogP contribution in [0, 0.1) is 11.8 Å². The molecule has 0 aromatic heterocycles. The number of carbonyl (C=O) groups excluding carboxylic acids is 1. The van der Waals surface area contributed by atoms with Crippen LogP contribution in [0.5, 0.6) is 0 Å². The summed E-state index contributed by atoms with van der Waals surface area (Å²) in [5, 5.41) is 9.51. The maximum Gasteiger partial charge on any atom is 0.225 e. The molecule has 17 heavy (non-hydrogen) atoms. The molecule has 0 aromatic rings. The number of aliphatic hydroxyl groups is 1. The molecule has 4 nitrogen and oxygen atoms in total. The summed E-state index contributed by atoms with van der Waals surface area (Å²) in [6.45, 7) is 6.06. The summed E-state index contributed by atoms with van der Waals surface area (Å²) in [6, 6.07) is 0. The molecule has 1 saturated heterocycles. The minimum Gasteiger partial charge on any atom is -0.393 e. The molecule has 2 unspecified atom stereocenters. The Bertz CT molecular complexity index is 236. The number of amides is 1. The Morgan fingerprint density at radius 2 is 2.00 bits per heavy atom. The molecule has 2 atom stereocenters. The van der Waals surface area contributed by atoms with Crippen molar-refractivity contribution in [1.29, 1.82) is 0 Å². The quantitative estimate of drug-likeness (QED) is 0.755. The molecular formula is C13H26N2O2. The summed E-state index contributed by atoms with van der Waals surface area (Å²) in [7, 11) is 0. The van der Waals surface area contributed by atoms with Crippen LogP contribution in [-0.2, 0) is 4.79 Å². The Morgan fingerprint density at radius 3 is 2.47 bits per heavy atom. The fourth-order valence-electron chi connectivity index (χ4n) is 2.46. The summed E-state index contributed by atoms with van der Waals surface area (Å²) in [5.74, 6) is 0.697. The van der Waals surface area contributed by atoms with Crippen molar-refractivity contribution in [1.82, 2.24) is 4.90 Å². The Hall–Kier alpha value is -0.610. The van der Waals surface area contributed by atoms with E-state index in [0.717, 1.165) is 38.8 Å². The van der Waals surface area contributed by atoms with E-state index in [1.807, 2.05) is 18.7 Å². The fourth-order valence-corrected chi connectivity index (χ4v) is 2.46. The number of likely N-dealkylation sites (tertiary alicyclic amines) is 1. The lowest BCUT2D eigenvalue weighted by atomic mass is 9.91. The van der Waals surface area contributed by atoms with Gasteiger partial charge in [-0.25, -0.2) is 0 Å². The number of nitrogens with zero attached hydrogens (tertiary/aromatic N) is 1. The first-order valence-electron chi connectivity index (χ1n) is 6.73. The van der Waals surface area contributed by atoms with Crippen molar-refractivity contribution < 1.29 is 9.90 Å². The van der Waals surface area contributed by atoms with Gasteiger partial charge in [0.2, 0.25) is 5.91 Å². The summed E-state index contributed by atoms with van der Waals surface area (Å²) in [5.41, 5.74) is 5.45. The minimum atomic E-state index is -0.248. The second kappa shape index (κ2) is 6.97. The summed E-state index contributed by atoms with van der Waals surface area (Å²) >= 11 is 0. The third-order valence-corrected chi connectivity index (χ3v) is 3.80. The number of nitrogens with two attached hydrogens (primary N) is 1. The number of rotatable bonds is 5. The molecule has 4 heteroatoms. The standard InChI is InChI=1S/C13H26N2O2/c1-10(4-3-7-14)13(17)15-8-5-12(6-9-15)11(2)16/h10-12,16H,3-9,14H2,1-2H3. The predicted octanol–water partition coefficient (Wildman–Crippen LogP) is 0.981. The fraction of sp³-hybridized carbons (Fsp3) is 0.923. The van der Waals surface area contributed by atoms with Crippen LogP contribution < -0.4 is 5.73 Å². The number of hydrogen-bond acceptors (Lipinski definition) is 3. The van der Waals surface area contributed by atoms with E-state index in [1.54, 1.807) is 0 Å². The van der Waals surface area contributed by atoms with Crippen LogP contribution in [0.2, 0.25) is 0 Å². The molecule has 1 aliphatic heterocycles. The van der Waals surface area contributed by atoms with Crippen molar-refractivity contribution in [2.75, 3.05) is 19.6 Å². The van der Waals surface area contributed by atoms with Crippen molar-refractivity contribution in [3.05, 3.63) is 0 Å². The van der Waals surface area contributed by atoms with Gasteiger partial charge in [-0.2, -0.15) is 0 Å². The number of piperidine rings is 1. The van der Waals surface area contributed by atoms with Gasteiger partial charge in [0, 0.05) is 19.0 Å². The van der Waals surface area contributed by atoms with E-state index in [4.69, 9.17) is 5.73 Å². The molecule has 1 amide bonds. The molecule has 0 bridgehead atoms. The van der Waals surface area contributed by atoms with Crippen molar-refractivity contribution in [2.24, 2.45) is 17.6 Å². The normalized spacial score (nSPS) is 21.3. The van der Waals surface area contributed by atoms with Crippen LogP contribution in [-0.4, -0.2) is 41.7 Å². The Balaban J connectivity index is 2.35. The molecule has 0 radical (unpaired) electrons. The number of aliphatic hydroxyl groups excluding tert-OH is 1. The average molecular weight is 242 g/mol. The first-order valence-corrected chi connectivity index (χ1v) is 6.73. The van der Waals surface area contributed by atoms with Gasteiger partial charge in [-0.1, -0.05) is 6.92 Å². The second-order valence-electron chi connectivity index (χ2n) is 5.24. The molecule has 1 fully saturated rings. The topological polar surface area (TPSA) is 66.6 Å². The molecule has 100 valence electrons. The zero-order valence-electron chi connectivity index (χ0n) is 11.1. The second-order valence-corrected chi connectivity index (χ2v) is 5.24. The van der Waals surface area contributed by atoms with E-state index in [0.29, 0.717) is 12.5 Å². The van der Waals surface area contributed by atoms with E-state index in [1.165, 1.54) is 0 Å². The van der Waals surface area contributed by atoms with Crippen LogP contribution in [0.15, 0.2) is 0 Å². The first kappa shape index (κ1) is 14.5. The van der Waals surface area contributed by atoms with E-state index in [-0.39, 0.29) is 17.9 Å². The minimum absolute atomic E-state index is 0.0849. The van der Waals surface area contributed by atoms with Crippen molar-refractivity contribution in [2.45, 2.75) is 45.6 Å². The van der Waals surface area contributed by atoms with Gasteiger partial charge in [-0.05, 0) is 45.1 Å². The SMILES string of the molecule is CC(CCCN)C(=O)N1CCC(C(C)O)CC1. The largest absolute Gasteiger partial charge is 0.393 e. The van der Waals surface area contributed by atoms with Crippen LogP contribution in [0.4, 0.5) is 0 Å². The van der Waals surface area contributed by atoms with Gasteiger partial charge in [0.05, 0.1) is 6.10 Å². The van der Waals surface area contributed by atoms with Crippen molar-refractivity contribution in [3.8, 4) is 0 Å². The first-order chi connectivity index (χ1) is 8.06. The van der Waals surface area contributed by atoms with Crippen LogP contribution in [0.1, 0.15) is 39.5 Å². The number of hydrogen-bond donors (Lipinski definition) is 2. The highest BCUT2D eigenvalue weighted by molar-refractivity contribution is 5.78. The van der Waals surface area contributed by atoms with Gasteiger partial charge in [0.1, 0.15) is 0 Å². The molecule has 0 aromatic carbocycles. The van der Waals surface area contributed by atoms with Gasteiger partial charge >= 0.3 is 0 Å². The zero-order valence-corrected chi connectivity index (χ0v) is 11.1. The molecule has 3 N–H and O–H groups in total. The van der Waals surface area contributed by atoms with Crippen LogP contribution >= 0.6 is 0 Å². The van der Waals surface area contributed by atoms with Crippen molar-refractivity contribution >= 4 is 5.91 Å². The molecule has 1 heterocycles. The van der Waals surface area contributed by atoms with Gasteiger partial charge in [0.25, 0.3) is 0 Å². The lowest BCUT2D eigenvalue weighted by Gasteiger charge is -2.34. The molecular weight excluding hydrogens is 216 g/mol. The van der Waals surface area contributed by atoms with Gasteiger partial charge in [-0.15, -0.1) is 0 Å². The lowest BCUT2D eigenvalue weighted by Crippen LogP contribution is -2.43. The van der Waals surface area contributed by atoms with Gasteiger partial charge in [0.15, 0.2) is 0 Å².